The molecule has 2 rings (SSSR count). The number of hydrogen-bond donors (Lipinski definition) is 1. The Morgan fingerprint density at radius 3 is 2.57 bits per heavy atom. The molecule has 0 spiro atoms. The van der Waals surface area contributed by atoms with Gasteiger partial charge in [-0.1, -0.05) is 19.1 Å². The molecule has 0 fully saturated rings. The number of anilines is 1. The van der Waals surface area contributed by atoms with E-state index in [2.05, 4.69) is 29.6 Å². The van der Waals surface area contributed by atoms with Gasteiger partial charge in [0, 0.05) is 17.2 Å². The van der Waals surface area contributed by atoms with Crippen LogP contribution in [0.4, 0.5) is 17.1 Å². The predicted octanol–water partition coefficient (Wildman–Crippen LogP) is 4.04. The van der Waals surface area contributed by atoms with Crippen molar-refractivity contribution in [2.45, 2.75) is 33.1 Å². The van der Waals surface area contributed by atoms with Crippen LogP contribution in [-0.2, 0) is 0 Å². The lowest BCUT2D eigenvalue weighted by molar-refractivity contribution is -0.393. The normalized spacial score (nSPS) is 21.0. The van der Waals surface area contributed by atoms with Crippen LogP contribution in [0.15, 0.2) is 35.5 Å². The van der Waals surface area contributed by atoms with E-state index < -0.39 is 9.85 Å². The molecule has 1 aromatic carbocycles. The standard InChI is InChI=1S/C15H18N4O4/c1-11(15(2)8-4-3-5-9-15)16-17-13-7-6-12(18(20)21)10-14(13)19(22)23/h3-4,6-7,10,17H,5,8-9H2,1-2H3/b16-11-. The molecule has 0 radical (unpaired) electrons. The molecule has 0 aliphatic heterocycles. The van der Waals surface area contributed by atoms with E-state index >= 15 is 0 Å². The second kappa shape index (κ2) is 6.55. The molecule has 0 bridgehead atoms. The molecule has 1 unspecified atom stereocenters. The van der Waals surface area contributed by atoms with Crippen molar-refractivity contribution in [3.63, 3.8) is 0 Å². The van der Waals surface area contributed by atoms with E-state index in [0.29, 0.717) is 0 Å². The van der Waals surface area contributed by atoms with Crippen molar-refractivity contribution in [1.29, 1.82) is 0 Å². The second-order valence-corrected chi connectivity index (χ2v) is 5.80. The lowest BCUT2D eigenvalue weighted by Gasteiger charge is -2.30. The van der Waals surface area contributed by atoms with Crippen molar-refractivity contribution >= 4 is 22.8 Å². The molecule has 1 N–H and O–H groups in total. The fraction of sp³-hybridized carbons (Fsp3) is 0.400. The predicted molar refractivity (Wildman–Crippen MR) is 87.6 cm³/mol. The summed E-state index contributed by atoms with van der Waals surface area (Å²) >= 11 is 0. The van der Waals surface area contributed by atoms with Gasteiger partial charge in [0.05, 0.1) is 15.9 Å². The molecular weight excluding hydrogens is 300 g/mol. The van der Waals surface area contributed by atoms with E-state index in [1.54, 1.807) is 0 Å². The van der Waals surface area contributed by atoms with Crippen LogP contribution in [0.3, 0.4) is 0 Å². The van der Waals surface area contributed by atoms with E-state index in [9.17, 15) is 20.2 Å². The fourth-order valence-corrected chi connectivity index (χ4v) is 2.45. The average Bonchev–Trinajstić information content (AvgIpc) is 2.52. The number of non-ortho nitro benzene ring substituents is 1. The highest BCUT2D eigenvalue weighted by molar-refractivity contribution is 5.88. The Balaban J connectivity index is 2.25. The van der Waals surface area contributed by atoms with Crippen molar-refractivity contribution in [3.8, 4) is 0 Å². The molecule has 0 heterocycles. The van der Waals surface area contributed by atoms with Crippen LogP contribution in [0.5, 0.6) is 0 Å². The lowest BCUT2D eigenvalue weighted by Crippen LogP contribution is -2.27. The molecule has 0 amide bonds. The van der Waals surface area contributed by atoms with Crippen LogP contribution < -0.4 is 5.43 Å². The number of benzene rings is 1. The third kappa shape index (κ3) is 3.71. The molecular formula is C15H18N4O4. The number of nitrogens with zero attached hydrogens (tertiary/aromatic N) is 3. The quantitative estimate of drug-likeness (QED) is 0.381. The first-order chi connectivity index (χ1) is 10.8. The van der Waals surface area contributed by atoms with Crippen LogP contribution in [-0.4, -0.2) is 15.6 Å². The number of nitro benzene ring substituents is 2. The summed E-state index contributed by atoms with van der Waals surface area (Å²) in [5.74, 6) is 0. The first-order valence-electron chi connectivity index (χ1n) is 7.22. The van der Waals surface area contributed by atoms with Gasteiger partial charge in [-0.15, -0.1) is 0 Å². The number of rotatable bonds is 5. The minimum absolute atomic E-state index is 0.0860. The molecule has 122 valence electrons. The molecule has 23 heavy (non-hydrogen) atoms. The summed E-state index contributed by atoms with van der Waals surface area (Å²) in [6.45, 7) is 3.98. The van der Waals surface area contributed by atoms with Gasteiger partial charge in [0.15, 0.2) is 0 Å². The summed E-state index contributed by atoms with van der Waals surface area (Å²) in [5.41, 5.74) is 2.88. The first-order valence-corrected chi connectivity index (χ1v) is 7.22. The Bertz CT molecular complexity index is 699. The van der Waals surface area contributed by atoms with E-state index in [4.69, 9.17) is 0 Å². The summed E-state index contributed by atoms with van der Waals surface area (Å²) in [5, 5.41) is 26.1. The highest BCUT2D eigenvalue weighted by Crippen LogP contribution is 2.34. The number of allylic oxidation sites excluding steroid dienone is 2. The van der Waals surface area contributed by atoms with Crippen LogP contribution in [0.1, 0.15) is 33.1 Å². The maximum Gasteiger partial charge on any atom is 0.301 e. The Labute approximate surface area is 133 Å². The topological polar surface area (TPSA) is 111 Å². The third-order valence-electron chi connectivity index (χ3n) is 4.20. The average molecular weight is 318 g/mol. The molecule has 1 aliphatic carbocycles. The van der Waals surface area contributed by atoms with Gasteiger partial charge in [-0.05, 0) is 32.3 Å². The lowest BCUT2D eigenvalue weighted by atomic mass is 9.75. The molecule has 8 heteroatoms. The van der Waals surface area contributed by atoms with Crippen LogP contribution in [0.25, 0.3) is 0 Å². The van der Waals surface area contributed by atoms with Gasteiger partial charge >= 0.3 is 5.69 Å². The second-order valence-electron chi connectivity index (χ2n) is 5.80. The van der Waals surface area contributed by atoms with Crippen LogP contribution in [0.2, 0.25) is 0 Å². The highest BCUT2D eigenvalue weighted by atomic mass is 16.6. The molecule has 8 nitrogen and oxygen atoms in total. The van der Waals surface area contributed by atoms with Gasteiger partial charge in [-0.25, -0.2) is 0 Å². The number of nitro groups is 2. The minimum atomic E-state index is -0.666. The van der Waals surface area contributed by atoms with Gasteiger partial charge < -0.3 is 0 Å². The maximum absolute atomic E-state index is 11.1. The van der Waals surface area contributed by atoms with E-state index in [0.717, 1.165) is 31.0 Å². The zero-order chi connectivity index (χ0) is 17.0. The first kappa shape index (κ1) is 16.6. The summed E-state index contributed by atoms with van der Waals surface area (Å²) in [4.78, 5) is 20.5. The molecule has 0 saturated heterocycles. The molecule has 0 saturated carbocycles. The number of hydrogen-bond acceptors (Lipinski definition) is 6. The molecule has 1 aliphatic rings. The Hall–Kier alpha value is -2.77. The Morgan fingerprint density at radius 1 is 1.26 bits per heavy atom. The number of hydrazone groups is 1. The Morgan fingerprint density at radius 2 is 2.00 bits per heavy atom. The smallest absolute Gasteiger partial charge is 0.272 e. The van der Waals surface area contributed by atoms with Crippen molar-refractivity contribution in [2.75, 3.05) is 5.43 Å². The summed E-state index contributed by atoms with van der Waals surface area (Å²) in [7, 11) is 0. The maximum atomic E-state index is 11.1. The largest absolute Gasteiger partial charge is 0.301 e. The summed E-state index contributed by atoms with van der Waals surface area (Å²) in [6, 6.07) is 3.44. The zero-order valence-corrected chi connectivity index (χ0v) is 13.0. The van der Waals surface area contributed by atoms with E-state index in [1.807, 2.05) is 6.92 Å². The zero-order valence-electron chi connectivity index (χ0n) is 13.0. The van der Waals surface area contributed by atoms with E-state index in [1.165, 1.54) is 12.1 Å². The van der Waals surface area contributed by atoms with Gasteiger partial charge in [-0.2, -0.15) is 5.10 Å². The van der Waals surface area contributed by atoms with Gasteiger partial charge in [0.25, 0.3) is 5.69 Å². The molecule has 1 aromatic rings. The van der Waals surface area contributed by atoms with Gasteiger partial charge in [-0.3, -0.25) is 25.7 Å². The molecule has 1 atom stereocenters. The summed E-state index contributed by atoms with van der Waals surface area (Å²) in [6.07, 6.45) is 7.04. The highest BCUT2D eigenvalue weighted by Gasteiger charge is 2.28. The SMILES string of the molecule is C/C(=N/Nc1ccc([N+](=O)[O-])cc1[N+](=O)[O-])C1(C)CC=CCC1. The van der Waals surface area contributed by atoms with Crippen molar-refractivity contribution < 1.29 is 9.85 Å². The number of nitrogens with one attached hydrogen (secondary N) is 1. The van der Waals surface area contributed by atoms with Crippen LogP contribution in [0, 0.1) is 25.6 Å². The monoisotopic (exact) mass is 318 g/mol. The van der Waals surface area contributed by atoms with Gasteiger partial charge in [0.2, 0.25) is 0 Å². The minimum Gasteiger partial charge on any atom is -0.272 e. The Kier molecular flexibility index (Phi) is 4.73. The summed E-state index contributed by atoms with van der Waals surface area (Å²) < 4.78 is 0. The van der Waals surface area contributed by atoms with Gasteiger partial charge in [0.1, 0.15) is 5.69 Å². The third-order valence-corrected chi connectivity index (χ3v) is 4.20. The fourth-order valence-electron chi connectivity index (χ4n) is 2.45. The van der Waals surface area contributed by atoms with Crippen molar-refractivity contribution in [2.24, 2.45) is 10.5 Å². The molecule has 0 aromatic heterocycles. The van der Waals surface area contributed by atoms with Crippen LogP contribution >= 0.6 is 0 Å². The van der Waals surface area contributed by atoms with E-state index in [-0.39, 0.29) is 22.5 Å². The van der Waals surface area contributed by atoms with Crippen molar-refractivity contribution in [3.05, 3.63) is 50.6 Å². The van der Waals surface area contributed by atoms with Crippen molar-refractivity contribution in [1.82, 2.24) is 0 Å².